The molecule has 0 aliphatic carbocycles. The van der Waals surface area contributed by atoms with Gasteiger partial charge in [-0.3, -0.25) is 4.79 Å². The second-order valence-corrected chi connectivity index (χ2v) is 5.80. The molecule has 0 bridgehead atoms. The topological polar surface area (TPSA) is 56.8 Å². The van der Waals surface area contributed by atoms with E-state index in [9.17, 15) is 13.6 Å². The van der Waals surface area contributed by atoms with Crippen LogP contribution in [0.3, 0.4) is 0 Å². The van der Waals surface area contributed by atoms with E-state index in [1.807, 2.05) is 0 Å². The van der Waals surface area contributed by atoms with Crippen molar-refractivity contribution in [3.63, 3.8) is 0 Å². The van der Waals surface area contributed by atoms with Crippen LogP contribution in [-0.4, -0.2) is 33.0 Å². The predicted molar refractivity (Wildman–Crippen MR) is 92.4 cm³/mol. The molecule has 2 aromatic carbocycles. The Morgan fingerprint density at radius 3 is 2.12 bits per heavy atom. The maximum absolute atomic E-state index is 12.5. The molecule has 0 spiro atoms. The molecule has 1 N–H and O–H groups in total. The highest BCUT2D eigenvalue weighted by Gasteiger charge is 2.20. The normalized spacial score (nSPS) is 10.5. The minimum absolute atomic E-state index is 0.240. The number of carbonyl (C=O) groups excluding carboxylic acids is 1. The number of hydrogen-bond acceptors (Lipinski definition) is 5. The molecule has 0 fully saturated rings. The molecule has 25 heavy (non-hydrogen) atoms. The van der Waals surface area contributed by atoms with Crippen molar-refractivity contribution in [1.29, 1.82) is 0 Å². The van der Waals surface area contributed by atoms with E-state index in [0.29, 0.717) is 33.8 Å². The summed E-state index contributed by atoms with van der Waals surface area (Å²) in [6, 6.07) is 9.28. The highest BCUT2D eigenvalue weighted by Crippen LogP contribution is 2.40. The van der Waals surface area contributed by atoms with Crippen LogP contribution in [0.2, 0.25) is 0 Å². The van der Waals surface area contributed by atoms with Crippen LogP contribution >= 0.6 is 11.8 Å². The van der Waals surface area contributed by atoms with Gasteiger partial charge in [0.25, 0.3) is 11.7 Å². The molecule has 2 rings (SSSR count). The first kappa shape index (κ1) is 18.9. The SMILES string of the molecule is COc1ccc(C(=O)Nc2ccc(SC(F)F)cc2)c(OC)c1OC. The minimum Gasteiger partial charge on any atom is -0.493 e. The van der Waals surface area contributed by atoms with Crippen molar-refractivity contribution in [2.24, 2.45) is 0 Å². The van der Waals surface area contributed by atoms with E-state index in [0.717, 1.165) is 0 Å². The van der Waals surface area contributed by atoms with Crippen LogP contribution in [0, 0.1) is 0 Å². The summed E-state index contributed by atoms with van der Waals surface area (Å²) in [6.07, 6.45) is 0. The van der Waals surface area contributed by atoms with Crippen molar-refractivity contribution in [2.75, 3.05) is 26.6 Å². The number of anilines is 1. The average molecular weight is 369 g/mol. The smallest absolute Gasteiger partial charge is 0.288 e. The number of methoxy groups -OCH3 is 3. The van der Waals surface area contributed by atoms with Crippen molar-refractivity contribution in [3.05, 3.63) is 42.0 Å². The quantitative estimate of drug-likeness (QED) is 0.739. The van der Waals surface area contributed by atoms with E-state index < -0.39 is 11.7 Å². The molecule has 0 heterocycles. The molecular weight excluding hydrogens is 352 g/mol. The molecule has 0 atom stereocenters. The van der Waals surface area contributed by atoms with Gasteiger partial charge in [0.15, 0.2) is 11.5 Å². The molecule has 0 saturated heterocycles. The molecular formula is C17H17F2NO4S. The van der Waals surface area contributed by atoms with Gasteiger partial charge in [0.1, 0.15) is 0 Å². The lowest BCUT2D eigenvalue weighted by Gasteiger charge is -2.15. The first-order valence-corrected chi connectivity index (χ1v) is 8.03. The van der Waals surface area contributed by atoms with Gasteiger partial charge in [-0.05, 0) is 36.4 Å². The van der Waals surface area contributed by atoms with E-state index in [2.05, 4.69) is 5.32 Å². The number of nitrogens with one attached hydrogen (secondary N) is 1. The molecule has 134 valence electrons. The lowest BCUT2D eigenvalue weighted by Crippen LogP contribution is -2.14. The first-order chi connectivity index (χ1) is 12.0. The monoisotopic (exact) mass is 369 g/mol. The number of benzene rings is 2. The molecule has 0 radical (unpaired) electrons. The molecule has 1 amide bonds. The fourth-order valence-electron chi connectivity index (χ4n) is 2.20. The van der Waals surface area contributed by atoms with Crippen molar-refractivity contribution in [1.82, 2.24) is 0 Å². The summed E-state index contributed by atoms with van der Waals surface area (Å²) in [5, 5.41) is 2.69. The second kappa shape index (κ2) is 8.57. The summed E-state index contributed by atoms with van der Waals surface area (Å²) in [4.78, 5) is 12.9. The van der Waals surface area contributed by atoms with Gasteiger partial charge in [0, 0.05) is 10.6 Å². The van der Waals surface area contributed by atoms with Crippen molar-refractivity contribution >= 4 is 23.4 Å². The number of halogens is 2. The maximum atomic E-state index is 12.5. The van der Waals surface area contributed by atoms with E-state index in [-0.39, 0.29) is 11.3 Å². The van der Waals surface area contributed by atoms with Gasteiger partial charge in [-0.1, -0.05) is 11.8 Å². The maximum Gasteiger partial charge on any atom is 0.288 e. The van der Waals surface area contributed by atoms with E-state index in [1.165, 1.54) is 33.5 Å². The van der Waals surface area contributed by atoms with Crippen LogP contribution in [0.4, 0.5) is 14.5 Å². The van der Waals surface area contributed by atoms with Gasteiger partial charge >= 0.3 is 0 Å². The molecule has 2 aromatic rings. The summed E-state index contributed by atoms with van der Waals surface area (Å²) in [7, 11) is 4.35. The zero-order chi connectivity index (χ0) is 18.4. The third-order valence-electron chi connectivity index (χ3n) is 3.29. The predicted octanol–water partition coefficient (Wildman–Crippen LogP) is 4.28. The molecule has 0 aromatic heterocycles. The number of thioether (sulfide) groups is 1. The van der Waals surface area contributed by atoms with Crippen LogP contribution < -0.4 is 19.5 Å². The summed E-state index contributed by atoms with van der Waals surface area (Å²) in [6.45, 7) is 0. The molecule has 8 heteroatoms. The summed E-state index contributed by atoms with van der Waals surface area (Å²) in [5.41, 5.74) is 0.728. The fraction of sp³-hybridized carbons (Fsp3) is 0.235. The Morgan fingerprint density at radius 1 is 0.960 bits per heavy atom. The van der Waals surface area contributed by atoms with Crippen molar-refractivity contribution in [2.45, 2.75) is 10.7 Å². The summed E-state index contributed by atoms with van der Waals surface area (Å²) >= 11 is 0.441. The van der Waals surface area contributed by atoms with Crippen LogP contribution in [0.5, 0.6) is 17.2 Å². The van der Waals surface area contributed by atoms with Gasteiger partial charge < -0.3 is 19.5 Å². The standard InChI is InChI=1S/C17H17F2NO4S/c1-22-13-9-8-12(14(23-2)15(13)24-3)16(21)20-10-4-6-11(7-5-10)25-17(18)19/h4-9,17H,1-3H3,(H,20,21). The Balaban J connectivity index is 2.23. The first-order valence-electron chi connectivity index (χ1n) is 7.15. The van der Waals surface area contributed by atoms with Crippen molar-refractivity contribution < 1.29 is 27.8 Å². The molecule has 0 aliphatic rings. The third kappa shape index (κ3) is 4.54. The number of alkyl halides is 2. The largest absolute Gasteiger partial charge is 0.493 e. The Bertz CT molecular complexity index is 738. The highest BCUT2D eigenvalue weighted by molar-refractivity contribution is 7.99. The molecule has 0 unspecified atom stereocenters. The zero-order valence-corrected chi connectivity index (χ0v) is 14.7. The van der Waals surface area contributed by atoms with Gasteiger partial charge in [0.05, 0.1) is 26.9 Å². The Labute approximate surface area is 148 Å². The number of amides is 1. The van der Waals surface area contributed by atoms with Crippen LogP contribution in [0.25, 0.3) is 0 Å². The summed E-state index contributed by atoms with van der Waals surface area (Å²) < 4.78 is 40.4. The van der Waals surface area contributed by atoms with Crippen LogP contribution in [0.1, 0.15) is 10.4 Å². The lowest BCUT2D eigenvalue weighted by molar-refractivity contribution is 0.102. The molecule has 5 nitrogen and oxygen atoms in total. The van der Waals surface area contributed by atoms with Gasteiger partial charge in [-0.25, -0.2) is 0 Å². The number of carbonyl (C=O) groups is 1. The lowest BCUT2D eigenvalue weighted by atomic mass is 10.1. The van der Waals surface area contributed by atoms with Gasteiger partial charge in [0.2, 0.25) is 5.75 Å². The average Bonchev–Trinajstić information content (AvgIpc) is 2.61. The van der Waals surface area contributed by atoms with Gasteiger partial charge in [-0.15, -0.1) is 0 Å². The zero-order valence-electron chi connectivity index (χ0n) is 13.8. The second-order valence-electron chi connectivity index (χ2n) is 4.74. The van der Waals surface area contributed by atoms with E-state index >= 15 is 0 Å². The summed E-state index contributed by atoms with van der Waals surface area (Å²) in [5.74, 6) is -1.93. The highest BCUT2D eigenvalue weighted by atomic mass is 32.2. The number of hydrogen-bond donors (Lipinski definition) is 1. The number of rotatable bonds is 7. The molecule has 0 saturated carbocycles. The van der Waals surface area contributed by atoms with Gasteiger partial charge in [-0.2, -0.15) is 8.78 Å². The van der Waals surface area contributed by atoms with E-state index in [1.54, 1.807) is 24.3 Å². The molecule has 0 aliphatic heterocycles. The fourth-order valence-corrected chi connectivity index (χ4v) is 2.70. The Kier molecular flexibility index (Phi) is 6.46. The number of ether oxygens (including phenoxy) is 3. The Hall–Kier alpha value is -2.48. The minimum atomic E-state index is -2.49. The third-order valence-corrected chi connectivity index (χ3v) is 4.01. The van der Waals surface area contributed by atoms with Crippen LogP contribution in [0.15, 0.2) is 41.3 Å². The van der Waals surface area contributed by atoms with Crippen LogP contribution in [-0.2, 0) is 0 Å². The van der Waals surface area contributed by atoms with Crippen molar-refractivity contribution in [3.8, 4) is 17.2 Å². The van der Waals surface area contributed by atoms with E-state index in [4.69, 9.17) is 14.2 Å². The Morgan fingerprint density at radius 2 is 1.60 bits per heavy atom.